The van der Waals surface area contributed by atoms with Gasteiger partial charge < -0.3 is 10.6 Å². The Morgan fingerprint density at radius 3 is 2.73 bits per heavy atom. The monoisotopic (exact) mass is 352 g/mol. The zero-order valence-corrected chi connectivity index (χ0v) is 14.6. The van der Waals surface area contributed by atoms with Gasteiger partial charge in [0.15, 0.2) is 17.4 Å². The van der Waals surface area contributed by atoms with Gasteiger partial charge in [0, 0.05) is 25.2 Å². The normalized spacial score (nSPS) is 15.8. The fraction of sp³-hybridized carbons (Fsp3) is 0.316. The molecule has 2 aromatic heterocycles. The number of halogens is 1. The molecule has 3 aromatic rings. The Morgan fingerprint density at radius 2 is 1.96 bits per heavy atom. The van der Waals surface area contributed by atoms with E-state index in [1.165, 1.54) is 6.07 Å². The van der Waals surface area contributed by atoms with Crippen molar-refractivity contribution in [2.45, 2.75) is 24.8 Å². The third-order valence-corrected chi connectivity index (χ3v) is 4.91. The second-order valence-corrected chi connectivity index (χ2v) is 6.58. The van der Waals surface area contributed by atoms with Crippen molar-refractivity contribution in [3.05, 3.63) is 65.9 Å². The standard InChI is InChI=1S/C19H21FN6/c1-21-18(22-12-17-25-24-16-8-4-5-11-26(16)17)23-13-19(9-10-19)14-6-2-3-7-15(14)20/h2-8,11H,9-10,12-13H2,1H3,(H2,21,22,23). The van der Waals surface area contributed by atoms with Crippen LogP contribution in [0.2, 0.25) is 0 Å². The quantitative estimate of drug-likeness (QED) is 0.546. The molecule has 7 heteroatoms. The lowest BCUT2D eigenvalue weighted by Gasteiger charge is -2.19. The molecule has 1 aliphatic carbocycles. The molecule has 0 saturated heterocycles. The molecule has 1 fully saturated rings. The number of rotatable bonds is 5. The molecule has 1 saturated carbocycles. The van der Waals surface area contributed by atoms with Crippen LogP contribution in [0, 0.1) is 5.82 Å². The fourth-order valence-corrected chi connectivity index (χ4v) is 3.23. The van der Waals surface area contributed by atoms with Gasteiger partial charge in [-0.15, -0.1) is 10.2 Å². The Balaban J connectivity index is 1.39. The molecule has 0 atom stereocenters. The van der Waals surface area contributed by atoms with Crippen molar-refractivity contribution >= 4 is 11.6 Å². The van der Waals surface area contributed by atoms with E-state index in [9.17, 15) is 4.39 Å². The summed E-state index contributed by atoms with van der Waals surface area (Å²) >= 11 is 0. The zero-order chi connectivity index (χ0) is 18.0. The Bertz CT molecular complexity index is 944. The molecule has 6 nitrogen and oxygen atoms in total. The maximum atomic E-state index is 14.1. The molecule has 0 unspecified atom stereocenters. The van der Waals surface area contributed by atoms with E-state index in [0.29, 0.717) is 19.0 Å². The van der Waals surface area contributed by atoms with Crippen LogP contribution in [-0.4, -0.2) is 34.2 Å². The molecule has 0 amide bonds. The molecule has 134 valence electrons. The summed E-state index contributed by atoms with van der Waals surface area (Å²) < 4.78 is 16.1. The van der Waals surface area contributed by atoms with Crippen LogP contribution < -0.4 is 10.6 Å². The topological polar surface area (TPSA) is 66.6 Å². The fourth-order valence-electron chi connectivity index (χ4n) is 3.23. The van der Waals surface area contributed by atoms with Crippen LogP contribution in [0.25, 0.3) is 5.65 Å². The van der Waals surface area contributed by atoms with Crippen molar-refractivity contribution in [1.29, 1.82) is 0 Å². The van der Waals surface area contributed by atoms with Gasteiger partial charge in [0.1, 0.15) is 5.82 Å². The second kappa shape index (κ2) is 6.74. The number of aromatic nitrogens is 3. The number of fused-ring (bicyclic) bond motifs is 1. The lowest BCUT2D eigenvalue weighted by atomic mass is 9.95. The third-order valence-electron chi connectivity index (χ3n) is 4.91. The number of pyridine rings is 1. The lowest BCUT2D eigenvalue weighted by molar-refractivity contribution is 0.559. The minimum atomic E-state index is -0.135. The van der Waals surface area contributed by atoms with E-state index < -0.39 is 0 Å². The second-order valence-electron chi connectivity index (χ2n) is 6.58. The number of nitrogens with zero attached hydrogens (tertiary/aromatic N) is 4. The number of aliphatic imine (C=N–C) groups is 1. The average molecular weight is 352 g/mol. The van der Waals surface area contributed by atoms with Crippen LogP contribution in [0.5, 0.6) is 0 Å². The largest absolute Gasteiger partial charge is 0.356 e. The highest BCUT2D eigenvalue weighted by Crippen LogP contribution is 2.48. The summed E-state index contributed by atoms with van der Waals surface area (Å²) in [5, 5.41) is 14.9. The van der Waals surface area contributed by atoms with Gasteiger partial charge in [-0.25, -0.2) is 4.39 Å². The maximum Gasteiger partial charge on any atom is 0.191 e. The van der Waals surface area contributed by atoms with Crippen molar-refractivity contribution < 1.29 is 4.39 Å². The highest BCUT2D eigenvalue weighted by molar-refractivity contribution is 5.79. The number of hydrogen-bond acceptors (Lipinski definition) is 3. The first-order valence-electron chi connectivity index (χ1n) is 8.70. The van der Waals surface area contributed by atoms with Gasteiger partial charge in [-0.2, -0.15) is 0 Å². The van der Waals surface area contributed by atoms with Crippen LogP contribution in [0.4, 0.5) is 4.39 Å². The smallest absolute Gasteiger partial charge is 0.191 e. The van der Waals surface area contributed by atoms with Gasteiger partial charge in [-0.05, 0) is 36.6 Å². The van der Waals surface area contributed by atoms with Crippen LogP contribution >= 0.6 is 0 Å². The number of hydrogen-bond donors (Lipinski definition) is 2. The summed E-state index contributed by atoms with van der Waals surface area (Å²) in [6.07, 6.45) is 3.89. The Labute approximate surface area is 151 Å². The Morgan fingerprint density at radius 1 is 1.15 bits per heavy atom. The molecule has 0 aliphatic heterocycles. The van der Waals surface area contributed by atoms with Gasteiger partial charge >= 0.3 is 0 Å². The molecule has 0 bridgehead atoms. The zero-order valence-electron chi connectivity index (χ0n) is 14.6. The van der Waals surface area contributed by atoms with Crippen LogP contribution in [0.15, 0.2) is 53.7 Å². The summed E-state index contributed by atoms with van der Waals surface area (Å²) in [6.45, 7) is 1.14. The summed E-state index contributed by atoms with van der Waals surface area (Å²) in [4.78, 5) is 4.26. The molecule has 0 spiro atoms. The summed E-state index contributed by atoms with van der Waals surface area (Å²) in [5.41, 5.74) is 1.46. The molecule has 26 heavy (non-hydrogen) atoms. The first-order valence-corrected chi connectivity index (χ1v) is 8.70. The van der Waals surface area contributed by atoms with Gasteiger partial charge in [0.05, 0.1) is 6.54 Å². The van der Waals surface area contributed by atoms with E-state index in [-0.39, 0.29) is 11.2 Å². The molecule has 4 rings (SSSR count). The van der Waals surface area contributed by atoms with E-state index >= 15 is 0 Å². The molecule has 1 aromatic carbocycles. The molecular formula is C19H21FN6. The van der Waals surface area contributed by atoms with E-state index in [4.69, 9.17) is 0 Å². The Hall–Kier alpha value is -2.96. The van der Waals surface area contributed by atoms with Crippen molar-refractivity contribution in [2.24, 2.45) is 4.99 Å². The predicted molar refractivity (Wildman–Crippen MR) is 98.5 cm³/mol. The van der Waals surface area contributed by atoms with Gasteiger partial charge in [0.25, 0.3) is 0 Å². The average Bonchev–Trinajstić information content (AvgIpc) is 3.35. The highest BCUT2D eigenvalue weighted by atomic mass is 19.1. The first-order chi connectivity index (χ1) is 12.7. The van der Waals surface area contributed by atoms with Crippen LogP contribution in [-0.2, 0) is 12.0 Å². The maximum absolute atomic E-state index is 14.1. The van der Waals surface area contributed by atoms with E-state index in [2.05, 4.69) is 25.8 Å². The first kappa shape index (κ1) is 16.5. The number of benzene rings is 1. The molecule has 2 N–H and O–H groups in total. The molecule has 2 heterocycles. The Kier molecular flexibility index (Phi) is 4.28. The van der Waals surface area contributed by atoms with Crippen molar-refractivity contribution in [2.75, 3.05) is 13.6 Å². The van der Waals surface area contributed by atoms with E-state index in [1.807, 2.05) is 40.9 Å². The van der Waals surface area contributed by atoms with Gasteiger partial charge in [-0.1, -0.05) is 24.3 Å². The van der Waals surface area contributed by atoms with Crippen molar-refractivity contribution in [3.8, 4) is 0 Å². The highest BCUT2D eigenvalue weighted by Gasteiger charge is 2.45. The summed E-state index contributed by atoms with van der Waals surface area (Å²) in [7, 11) is 1.72. The van der Waals surface area contributed by atoms with E-state index in [0.717, 1.165) is 29.9 Å². The van der Waals surface area contributed by atoms with Gasteiger partial charge in [0.2, 0.25) is 0 Å². The van der Waals surface area contributed by atoms with Crippen LogP contribution in [0.1, 0.15) is 24.2 Å². The van der Waals surface area contributed by atoms with E-state index in [1.54, 1.807) is 13.1 Å². The number of guanidine groups is 1. The van der Waals surface area contributed by atoms with Gasteiger partial charge in [-0.3, -0.25) is 9.39 Å². The molecule has 1 aliphatic rings. The SMILES string of the molecule is CN=C(NCc1nnc2ccccn12)NCC1(c2ccccc2F)CC1. The summed E-state index contributed by atoms with van der Waals surface area (Å²) in [6, 6.07) is 12.8. The predicted octanol–water partition coefficient (Wildman–Crippen LogP) is 2.27. The van der Waals surface area contributed by atoms with Crippen molar-refractivity contribution in [1.82, 2.24) is 25.2 Å². The lowest BCUT2D eigenvalue weighted by Crippen LogP contribution is -2.41. The van der Waals surface area contributed by atoms with Crippen molar-refractivity contribution in [3.63, 3.8) is 0 Å². The third kappa shape index (κ3) is 3.12. The number of nitrogens with one attached hydrogen (secondary N) is 2. The molecule has 0 radical (unpaired) electrons. The molecular weight excluding hydrogens is 331 g/mol. The summed E-state index contributed by atoms with van der Waals surface area (Å²) in [5.74, 6) is 1.34. The minimum absolute atomic E-state index is 0.134. The minimum Gasteiger partial charge on any atom is -0.356 e. The van der Waals surface area contributed by atoms with Crippen LogP contribution in [0.3, 0.4) is 0 Å².